The number of halogens is 3. The van der Waals surface area contributed by atoms with Gasteiger partial charge in [0.2, 0.25) is 0 Å². The summed E-state index contributed by atoms with van der Waals surface area (Å²) in [5.74, 6) is -0.305. The Labute approximate surface area is 108 Å². The van der Waals surface area contributed by atoms with Crippen LogP contribution in [-0.2, 0) is 15.7 Å². The molecule has 0 bridgehead atoms. The van der Waals surface area contributed by atoms with Crippen LogP contribution in [0.5, 0.6) is 0 Å². The van der Waals surface area contributed by atoms with Crippen molar-refractivity contribution in [3.05, 3.63) is 35.4 Å². The molecule has 1 aliphatic rings. The van der Waals surface area contributed by atoms with Gasteiger partial charge in [-0.15, -0.1) is 0 Å². The summed E-state index contributed by atoms with van der Waals surface area (Å²) >= 11 is 0. The molecule has 1 fully saturated rings. The fourth-order valence-corrected chi connectivity index (χ4v) is 2.26. The molecule has 1 unspecified atom stereocenters. The molecule has 0 aliphatic carbocycles. The maximum atomic E-state index is 12.4. The van der Waals surface area contributed by atoms with Crippen LogP contribution in [0.4, 0.5) is 13.2 Å². The number of carbonyl (C=O) groups excluding carboxylic acids is 1. The van der Waals surface area contributed by atoms with Crippen LogP contribution < -0.4 is 5.32 Å². The van der Waals surface area contributed by atoms with Gasteiger partial charge in [0.05, 0.1) is 12.7 Å². The van der Waals surface area contributed by atoms with Crippen molar-refractivity contribution in [2.45, 2.75) is 24.6 Å². The Morgan fingerprint density at radius 1 is 1.32 bits per heavy atom. The highest BCUT2D eigenvalue weighted by atomic mass is 19.4. The van der Waals surface area contributed by atoms with Gasteiger partial charge in [-0.2, -0.15) is 13.2 Å². The predicted octanol–water partition coefficient (Wildman–Crippen LogP) is 2.32. The Balaban J connectivity index is 2.06. The van der Waals surface area contributed by atoms with Crippen LogP contribution in [0.3, 0.4) is 0 Å². The largest absolute Gasteiger partial charge is 0.468 e. The van der Waals surface area contributed by atoms with Gasteiger partial charge in [-0.25, -0.2) is 0 Å². The van der Waals surface area contributed by atoms with Crippen molar-refractivity contribution < 1.29 is 22.7 Å². The lowest BCUT2D eigenvalue weighted by Gasteiger charge is -2.11. The van der Waals surface area contributed by atoms with Gasteiger partial charge >= 0.3 is 12.1 Å². The van der Waals surface area contributed by atoms with E-state index in [9.17, 15) is 18.0 Å². The minimum absolute atomic E-state index is 0.0337. The highest BCUT2D eigenvalue weighted by Gasteiger charge is 2.33. The van der Waals surface area contributed by atoms with Gasteiger partial charge in [0.1, 0.15) is 6.04 Å². The zero-order chi connectivity index (χ0) is 14.0. The predicted molar refractivity (Wildman–Crippen MR) is 62.6 cm³/mol. The Morgan fingerprint density at radius 2 is 1.95 bits per heavy atom. The number of carbonyl (C=O) groups is 1. The molecule has 104 valence electrons. The van der Waals surface area contributed by atoms with Gasteiger partial charge in [-0.3, -0.25) is 4.79 Å². The van der Waals surface area contributed by atoms with Crippen molar-refractivity contribution in [3.8, 4) is 0 Å². The number of alkyl halides is 3. The van der Waals surface area contributed by atoms with Gasteiger partial charge in [0.25, 0.3) is 0 Å². The Kier molecular flexibility index (Phi) is 3.80. The molecule has 1 saturated heterocycles. The summed E-state index contributed by atoms with van der Waals surface area (Å²) in [5, 5.41) is 3.00. The van der Waals surface area contributed by atoms with E-state index in [1.807, 2.05) is 0 Å². The van der Waals surface area contributed by atoms with Gasteiger partial charge in [0, 0.05) is 6.54 Å². The number of nitrogens with one attached hydrogen (secondary N) is 1. The summed E-state index contributed by atoms with van der Waals surface area (Å²) in [4.78, 5) is 11.3. The standard InChI is InChI=1S/C13H14F3NO2/c1-19-12(18)11-6-9(7-17-11)8-2-4-10(5-3-8)13(14,15)16/h2-5,9,11,17H,6-7H2,1H3/t9?,11-/m1/s1. The Morgan fingerprint density at radius 3 is 2.47 bits per heavy atom. The molecular weight excluding hydrogens is 259 g/mol. The normalized spacial score (nSPS) is 23.4. The fourth-order valence-electron chi connectivity index (χ4n) is 2.26. The van der Waals surface area contributed by atoms with Crippen molar-refractivity contribution in [2.75, 3.05) is 13.7 Å². The van der Waals surface area contributed by atoms with Gasteiger partial charge in [-0.05, 0) is 30.0 Å². The topological polar surface area (TPSA) is 38.3 Å². The lowest BCUT2D eigenvalue weighted by Crippen LogP contribution is -2.31. The maximum absolute atomic E-state index is 12.4. The summed E-state index contributed by atoms with van der Waals surface area (Å²) in [6, 6.07) is 4.70. The molecule has 2 rings (SSSR count). The van der Waals surface area contributed by atoms with Crippen molar-refractivity contribution >= 4 is 5.97 Å². The van der Waals surface area contributed by atoms with Crippen LogP contribution in [0.15, 0.2) is 24.3 Å². The molecule has 2 atom stereocenters. The molecule has 6 heteroatoms. The summed E-state index contributed by atoms with van der Waals surface area (Å²) in [6.45, 7) is 0.561. The van der Waals surface area contributed by atoms with Gasteiger partial charge in [-0.1, -0.05) is 12.1 Å². The smallest absolute Gasteiger partial charge is 0.416 e. The number of esters is 1. The molecule has 1 N–H and O–H groups in total. The molecule has 1 aromatic rings. The molecule has 0 aromatic heterocycles. The number of methoxy groups -OCH3 is 1. The fraction of sp³-hybridized carbons (Fsp3) is 0.462. The van der Waals surface area contributed by atoms with Crippen LogP contribution in [-0.4, -0.2) is 25.7 Å². The van der Waals surface area contributed by atoms with E-state index in [1.165, 1.54) is 19.2 Å². The number of rotatable bonds is 2. The monoisotopic (exact) mass is 273 g/mol. The molecule has 1 aromatic carbocycles. The number of benzene rings is 1. The second-order valence-corrected chi connectivity index (χ2v) is 4.54. The highest BCUT2D eigenvalue weighted by molar-refractivity contribution is 5.76. The van der Waals surface area contributed by atoms with E-state index in [4.69, 9.17) is 0 Å². The van der Waals surface area contributed by atoms with Crippen LogP contribution in [0.1, 0.15) is 23.5 Å². The first-order chi connectivity index (χ1) is 8.91. The Hall–Kier alpha value is -1.56. The zero-order valence-corrected chi connectivity index (χ0v) is 10.3. The third-order valence-corrected chi connectivity index (χ3v) is 3.33. The van der Waals surface area contributed by atoms with E-state index in [1.54, 1.807) is 0 Å². The van der Waals surface area contributed by atoms with Crippen LogP contribution >= 0.6 is 0 Å². The number of ether oxygens (including phenoxy) is 1. The zero-order valence-electron chi connectivity index (χ0n) is 10.3. The van der Waals surface area contributed by atoms with Crippen LogP contribution in [0, 0.1) is 0 Å². The molecule has 3 nitrogen and oxygen atoms in total. The van der Waals surface area contributed by atoms with Gasteiger partial charge < -0.3 is 10.1 Å². The van der Waals surface area contributed by atoms with Crippen LogP contribution in [0.2, 0.25) is 0 Å². The quantitative estimate of drug-likeness (QED) is 0.840. The first kappa shape index (κ1) is 13.9. The van der Waals surface area contributed by atoms with Crippen molar-refractivity contribution in [3.63, 3.8) is 0 Å². The number of hydrogen-bond acceptors (Lipinski definition) is 3. The second-order valence-electron chi connectivity index (χ2n) is 4.54. The molecule has 0 saturated carbocycles. The third kappa shape index (κ3) is 3.07. The number of hydrogen-bond donors (Lipinski definition) is 1. The molecule has 1 aliphatic heterocycles. The van der Waals surface area contributed by atoms with E-state index in [2.05, 4.69) is 10.1 Å². The molecular formula is C13H14F3NO2. The summed E-state index contributed by atoms with van der Waals surface area (Å²) in [7, 11) is 1.31. The highest BCUT2D eigenvalue weighted by Crippen LogP contribution is 2.32. The molecule has 1 heterocycles. The van der Waals surface area contributed by atoms with E-state index >= 15 is 0 Å². The maximum Gasteiger partial charge on any atom is 0.416 e. The average Bonchev–Trinajstić information content (AvgIpc) is 2.86. The van der Waals surface area contributed by atoms with Crippen molar-refractivity contribution in [2.24, 2.45) is 0 Å². The van der Waals surface area contributed by atoms with E-state index in [0.29, 0.717) is 13.0 Å². The van der Waals surface area contributed by atoms with Crippen molar-refractivity contribution in [1.29, 1.82) is 0 Å². The van der Waals surface area contributed by atoms with Gasteiger partial charge in [0.15, 0.2) is 0 Å². The first-order valence-corrected chi connectivity index (χ1v) is 5.90. The minimum atomic E-state index is -4.32. The second kappa shape index (κ2) is 5.21. The van der Waals surface area contributed by atoms with Crippen molar-refractivity contribution in [1.82, 2.24) is 5.32 Å². The molecule has 19 heavy (non-hydrogen) atoms. The van der Waals surface area contributed by atoms with E-state index < -0.39 is 11.7 Å². The molecule has 0 spiro atoms. The SMILES string of the molecule is COC(=O)[C@H]1CC(c2ccc(C(F)(F)F)cc2)CN1. The summed E-state index contributed by atoms with van der Waals surface area (Å²) in [5.41, 5.74) is 0.138. The van der Waals surface area contributed by atoms with Crippen LogP contribution in [0.25, 0.3) is 0 Å². The third-order valence-electron chi connectivity index (χ3n) is 3.33. The lowest BCUT2D eigenvalue weighted by molar-refractivity contribution is -0.142. The average molecular weight is 273 g/mol. The Bertz CT molecular complexity index is 456. The lowest BCUT2D eigenvalue weighted by atomic mass is 9.95. The minimum Gasteiger partial charge on any atom is -0.468 e. The first-order valence-electron chi connectivity index (χ1n) is 5.90. The molecule has 0 radical (unpaired) electrons. The summed E-state index contributed by atoms with van der Waals surface area (Å²) in [6.07, 6.45) is -3.78. The molecule has 0 amide bonds. The van der Waals surface area contributed by atoms with E-state index in [-0.39, 0.29) is 17.9 Å². The van der Waals surface area contributed by atoms with E-state index in [0.717, 1.165) is 17.7 Å². The summed E-state index contributed by atoms with van der Waals surface area (Å²) < 4.78 is 41.9.